The minimum atomic E-state index is -0.908. The average molecular weight is 361 g/mol. The van der Waals surface area contributed by atoms with Gasteiger partial charge in [0, 0.05) is 6.42 Å². The molecule has 0 unspecified atom stereocenters. The Morgan fingerprint density at radius 1 is 1.35 bits per heavy atom. The molecule has 1 aromatic rings. The topological polar surface area (TPSA) is 79.3 Å². The van der Waals surface area contributed by atoms with E-state index in [0.29, 0.717) is 18.0 Å². The molecule has 0 spiro atoms. The summed E-state index contributed by atoms with van der Waals surface area (Å²) < 4.78 is 0.829. The molecule has 2 rings (SSSR count). The van der Waals surface area contributed by atoms with Crippen molar-refractivity contribution in [2.45, 2.75) is 44.9 Å². The maximum atomic E-state index is 12.1. The van der Waals surface area contributed by atoms with Crippen molar-refractivity contribution in [3.05, 3.63) is 9.98 Å². The lowest BCUT2D eigenvalue weighted by Gasteiger charge is -2.27. The Labute approximate surface area is 129 Å². The van der Waals surface area contributed by atoms with Gasteiger partial charge in [-0.15, -0.1) is 0 Å². The first-order valence-electron chi connectivity index (χ1n) is 6.66. The number of nitrogens with zero attached hydrogens (tertiary/aromatic N) is 1. The van der Waals surface area contributed by atoms with Crippen molar-refractivity contribution in [3.8, 4) is 0 Å². The smallest absolute Gasteiger partial charge is 0.310 e. The summed E-state index contributed by atoms with van der Waals surface area (Å²) in [6, 6.07) is 0. The van der Waals surface area contributed by atoms with Crippen LogP contribution in [-0.2, 0) is 9.59 Å². The zero-order valence-corrected chi connectivity index (χ0v) is 13.4. The molecule has 1 saturated carbocycles. The molecular weight excluding hydrogens is 344 g/mol. The number of amides is 1. The van der Waals surface area contributed by atoms with E-state index in [1.807, 2.05) is 0 Å². The number of thiazole rings is 1. The highest BCUT2D eigenvalue weighted by atomic mass is 79.9. The molecule has 0 aromatic carbocycles. The molecule has 2 N–H and O–H groups in total. The highest BCUT2D eigenvalue weighted by Gasteiger charge is 2.40. The lowest BCUT2D eigenvalue weighted by molar-refractivity contribution is -0.152. The number of carbonyl (C=O) groups excluding carboxylic acids is 1. The van der Waals surface area contributed by atoms with Gasteiger partial charge in [-0.3, -0.25) is 9.59 Å². The van der Waals surface area contributed by atoms with E-state index in [9.17, 15) is 14.7 Å². The lowest BCUT2D eigenvalue weighted by atomic mass is 9.77. The molecule has 110 valence electrons. The highest BCUT2D eigenvalue weighted by Crippen LogP contribution is 2.38. The van der Waals surface area contributed by atoms with Gasteiger partial charge in [-0.1, -0.05) is 37.0 Å². The van der Waals surface area contributed by atoms with E-state index >= 15 is 0 Å². The second-order valence-electron chi connectivity index (χ2n) is 5.19. The first kappa shape index (κ1) is 15.4. The van der Waals surface area contributed by atoms with E-state index in [0.717, 1.165) is 29.5 Å². The Hall–Kier alpha value is -0.950. The Bertz CT molecular complexity index is 496. The van der Waals surface area contributed by atoms with Gasteiger partial charge in [0.25, 0.3) is 0 Å². The van der Waals surface area contributed by atoms with Crippen molar-refractivity contribution in [3.63, 3.8) is 0 Å². The fourth-order valence-corrected chi connectivity index (χ4v) is 3.78. The summed E-state index contributed by atoms with van der Waals surface area (Å²) in [6.07, 6.45) is 6.66. The largest absolute Gasteiger partial charge is 0.481 e. The molecule has 5 nitrogen and oxygen atoms in total. The van der Waals surface area contributed by atoms with Crippen molar-refractivity contribution < 1.29 is 14.7 Å². The molecule has 20 heavy (non-hydrogen) atoms. The lowest BCUT2D eigenvalue weighted by Crippen LogP contribution is -2.35. The predicted octanol–water partition coefficient (Wildman–Crippen LogP) is 3.66. The zero-order valence-electron chi connectivity index (χ0n) is 11.0. The van der Waals surface area contributed by atoms with Gasteiger partial charge in [-0.05, 0) is 28.8 Å². The van der Waals surface area contributed by atoms with E-state index in [-0.39, 0.29) is 12.3 Å². The molecule has 1 fully saturated rings. The first-order valence-corrected chi connectivity index (χ1v) is 8.27. The van der Waals surface area contributed by atoms with Crippen LogP contribution in [-0.4, -0.2) is 22.0 Å². The summed E-state index contributed by atoms with van der Waals surface area (Å²) in [5, 5.41) is 12.7. The van der Waals surface area contributed by atoms with E-state index < -0.39 is 11.4 Å². The molecule has 1 aliphatic carbocycles. The van der Waals surface area contributed by atoms with Gasteiger partial charge >= 0.3 is 5.97 Å². The van der Waals surface area contributed by atoms with Crippen molar-refractivity contribution in [1.29, 1.82) is 0 Å². The normalized spacial score (nSPS) is 18.2. The van der Waals surface area contributed by atoms with Crippen molar-refractivity contribution in [1.82, 2.24) is 4.98 Å². The number of aliphatic carboxylic acids is 1. The number of carboxylic acid groups (broad SMARTS) is 1. The molecule has 1 aromatic heterocycles. The van der Waals surface area contributed by atoms with Crippen LogP contribution in [0.1, 0.15) is 44.9 Å². The average Bonchev–Trinajstić information content (AvgIpc) is 2.64. The minimum absolute atomic E-state index is 0.0273. The van der Waals surface area contributed by atoms with Crippen LogP contribution in [0.3, 0.4) is 0 Å². The molecular formula is C13H17BrN2O3S. The van der Waals surface area contributed by atoms with Crippen LogP contribution < -0.4 is 5.32 Å². The van der Waals surface area contributed by atoms with Gasteiger partial charge in [-0.25, -0.2) is 4.98 Å². The zero-order chi connectivity index (χ0) is 14.6. The number of carboxylic acids is 1. The van der Waals surface area contributed by atoms with Gasteiger partial charge in [0.2, 0.25) is 5.91 Å². The van der Waals surface area contributed by atoms with E-state index in [2.05, 4.69) is 26.2 Å². The number of hydrogen-bond donors (Lipinski definition) is 2. The number of rotatable bonds is 4. The molecule has 0 radical (unpaired) electrons. The van der Waals surface area contributed by atoms with Gasteiger partial charge in [0.15, 0.2) is 5.13 Å². The van der Waals surface area contributed by atoms with Crippen LogP contribution in [0.2, 0.25) is 0 Å². The number of halogens is 1. The summed E-state index contributed by atoms with van der Waals surface area (Å²) in [6.45, 7) is 0. The van der Waals surface area contributed by atoms with Crippen molar-refractivity contribution in [2.75, 3.05) is 5.32 Å². The van der Waals surface area contributed by atoms with Crippen LogP contribution in [0.15, 0.2) is 9.98 Å². The Morgan fingerprint density at radius 3 is 2.50 bits per heavy atom. The molecule has 0 atom stereocenters. The molecule has 1 heterocycles. The Balaban J connectivity index is 2.03. The third-order valence-corrected chi connectivity index (χ3v) is 5.13. The van der Waals surface area contributed by atoms with Gasteiger partial charge in [0.05, 0.1) is 15.4 Å². The SMILES string of the molecule is O=C(CC1(C(=O)O)CCCCCC1)Nc1ncc(Br)s1. The maximum absolute atomic E-state index is 12.1. The summed E-state index contributed by atoms with van der Waals surface area (Å²) >= 11 is 4.59. The summed E-state index contributed by atoms with van der Waals surface area (Å²) in [7, 11) is 0. The van der Waals surface area contributed by atoms with Crippen molar-refractivity contribution in [2.24, 2.45) is 5.41 Å². The van der Waals surface area contributed by atoms with Crippen LogP contribution in [0.25, 0.3) is 0 Å². The highest BCUT2D eigenvalue weighted by molar-refractivity contribution is 9.11. The number of nitrogens with one attached hydrogen (secondary N) is 1. The van der Waals surface area contributed by atoms with Crippen LogP contribution in [0.5, 0.6) is 0 Å². The molecule has 1 amide bonds. The third-order valence-electron chi connectivity index (χ3n) is 3.74. The number of aromatic nitrogens is 1. The second kappa shape index (κ2) is 6.67. The molecule has 0 saturated heterocycles. The van der Waals surface area contributed by atoms with Gasteiger partial charge in [-0.2, -0.15) is 0 Å². The second-order valence-corrected chi connectivity index (χ2v) is 7.60. The standard InChI is InChI=1S/C13H17BrN2O3S/c14-9-8-15-12(20-9)16-10(17)7-13(11(18)19)5-3-1-2-4-6-13/h8H,1-7H2,(H,18,19)(H,15,16,17). The van der Waals surface area contributed by atoms with Crippen LogP contribution in [0, 0.1) is 5.41 Å². The van der Waals surface area contributed by atoms with Gasteiger partial charge < -0.3 is 10.4 Å². The third kappa shape index (κ3) is 3.79. The first-order chi connectivity index (χ1) is 9.52. The number of anilines is 1. The van der Waals surface area contributed by atoms with Crippen LogP contribution in [0.4, 0.5) is 5.13 Å². The summed E-state index contributed by atoms with van der Waals surface area (Å²) in [4.78, 5) is 27.7. The number of hydrogen-bond acceptors (Lipinski definition) is 4. The molecule has 1 aliphatic rings. The van der Waals surface area contributed by atoms with Gasteiger partial charge in [0.1, 0.15) is 0 Å². The molecule has 0 aliphatic heterocycles. The van der Waals surface area contributed by atoms with E-state index in [1.54, 1.807) is 6.20 Å². The maximum Gasteiger partial charge on any atom is 0.310 e. The van der Waals surface area contributed by atoms with E-state index in [4.69, 9.17) is 0 Å². The molecule has 0 bridgehead atoms. The fraction of sp³-hybridized carbons (Fsp3) is 0.615. The summed E-state index contributed by atoms with van der Waals surface area (Å²) in [5.41, 5.74) is -0.908. The monoisotopic (exact) mass is 360 g/mol. The van der Waals surface area contributed by atoms with E-state index in [1.165, 1.54) is 11.3 Å². The van der Waals surface area contributed by atoms with Crippen LogP contribution >= 0.6 is 27.3 Å². The Kier molecular flexibility index (Phi) is 5.15. The fourth-order valence-electron chi connectivity index (χ4n) is 2.65. The predicted molar refractivity (Wildman–Crippen MR) is 80.8 cm³/mol. The quantitative estimate of drug-likeness (QED) is 0.803. The molecule has 7 heteroatoms. The number of carbonyl (C=O) groups is 2. The Morgan fingerprint density at radius 2 is 2.00 bits per heavy atom. The minimum Gasteiger partial charge on any atom is -0.481 e. The summed E-state index contributed by atoms with van der Waals surface area (Å²) in [5.74, 6) is -1.12. The van der Waals surface area contributed by atoms with Crippen molar-refractivity contribution >= 4 is 44.3 Å².